The van der Waals surface area contributed by atoms with Crippen LogP contribution in [0.3, 0.4) is 0 Å². The fourth-order valence-electron chi connectivity index (χ4n) is 1.99. The third-order valence-electron chi connectivity index (χ3n) is 3.58. The van der Waals surface area contributed by atoms with Crippen LogP contribution in [0.25, 0.3) is 0 Å². The van der Waals surface area contributed by atoms with Crippen molar-refractivity contribution >= 4 is 11.8 Å². The van der Waals surface area contributed by atoms with E-state index in [1.54, 1.807) is 0 Å². The fourth-order valence-corrected chi connectivity index (χ4v) is 3.58. The summed E-state index contributed by atoms with van der Waals surface area (Å²) >= 11 is 2.17. The quantitative estimate of drug-likeness (QED) is 0.552. The van der Waals surface area contributed by atoms with E-state index in [1.165, 1.54) is 12.8 Å². The van der Waals surface area contributed by atoms with Crippen LogP contribution in [0.4, 0.5) is 0 Å². The second kappa shape index (κ2) is 3.61. The van der Waals surface area contributed by atoms with Gasteiger partial charge in [0.25, 0.3) is 0 Å². The monoisotopic (exact) mass is 186 g/mol. The van der Waals surface area contributed by atoms with Gasteiger partial charge in [0.1, 0.15) is 0 Å². The molecule has 0 aromatic carbocycles. The molecule has 1 aliphatic heterocycles. The Kier molecular flexibility index (Phi) is 3.14. The molecule has 3 unspecified atom stereocenters. The van der Waals surface area contributed by atoms with Crippen molar-refractivity contribution in [1.29, 1.82) is 0 Å². The minimum absolute atomic E-state index is 0.553. The number of hydrogen-bond donors (Lipinski definition) is 0. The Balaban J connectivity index is 2.70. The molecule has 3 atom stereocenters. The largest absolute Gasteiger partial charge is 0.155 e. The van der Waals surface area contributed by atoms with E-state index in [0.717, 1.165) is 16.4 Å². The molecule has 1 aliphatic rings. The number of thioether (sulfide) groups is 1. The van der Waals surface area contributed by atoms with Gasteiger partial charge >= 0.3 is 0 Å². The van der Waals surface area contributed by atoms with Crippen LogP contribution < -0.4 is 0 Å². The van der Waals surface area contributed by atoms with Gasteiger partial charge < -0.3 is 0 Å². The van der Waals surface area contributed by atoms with Crippen molar-refractivity contribution < 1.29 is 0 Å². The summed E-state index contributed by atoms with van der Waals surface area (Å²) < 4.78 is 0. The Labute approximate surface area is 81.5 Å². The first-order valence-corrected chi connectivity index (χ1v) is 6.03. The summed E-state index contributed by atoms with van der Waals surface area (Å²) in [5.74, 6) is 0.854. The van der Waals surface area contributed by atoms with Crippen LogP contribution in [0, 0.1) is 11.3 Å². The highest BCUT2D eigenvalue weighted by molar-refractivity contribution is 8.00. The maximum Gasteiger partial charge on any atom is 0.00521 e. The van der Waals surface area contributed by atoms with E-state index >= 15 is 0 Å². The van der Waals surface area contributed by atoms with E-state index in [9.17, 15) is 0 Å². The Hall–Kier alpha value is 0.350. The summed E-state index contributed by atoms with van der Waals surface area (Å²) in [5.41, 5.74) is 0.553. The molecule has 1 saturated heterocycles. The van der Waals surface area contributed by atoms with E-state index in [2.05, 4.69) is 46.4 Å². The van der Waals surface area contributed by atoms with Crippen molar-refractivity contribution in [2.24, 2.45) is 11.3 Å². The highest BCUT2D eigenvalue weighted by Crippen LogP contribution is 2.44. The molecule has 0 aromatic rings. The lowest BCUT2D eigenvalue weighted by atomic mass is 9.75. The van der Waals surface area contributed by atoms with Crippen LogP contribution in [-0.2, 0) is 0 Å². The molecule has 1 rings (SSSR count). The third-order valence-corrected chi connectivity index (χ3v) is 5.12. The van der Waals surface area contributed by atoms with Crippen molar-refractivity contribution in [2.75, 3.05) is 0 Å². The zero-order chi connectivity index (χ0) is 9.35. The highest BCUT2D eigenvalue weighted by atomic mass is 32.2. The lowest BCUT2D eigenvalue weighted by Crippen LogP contribution is -2.26. The van der Waals surface area contributed by atoms with E-state index in [4.69, 9.17) is 0 Å². The Morgan fingerprint density at radius 3 is 2.33 bits per heavy atom. The summed E-state index contributed by atoms with van der Waals surface area (Å²) in [5, 5.41) is 1.70. The van der Waals surface area contributed by atoms with Gasteiger partial charge in [-0.15, -0.1) is 0 Å². The molecule has 1 fully saturated rings. The molecular weight excluding hydrogens is 164 g/mol. The van der Waals surface area contributed by atoms with Crippen LogP contribution in [0.5, 0.6) is 0 Å². The summed E-state index contributed by atoms with van der Waals surface area (Å²) in [6.07, 6.45) is 2.79. The van der Waals surface area contributed by atoms with Gasteiger partial charge in [-0.05, 0) is 24.2 Å². The van der Waals surface area contributed by atoms with E-state index in [1.807, 2.05) is 0 Å². The van der Waals surface area contributed by atoms with E-state index in [-0.39, 0.29) is 0 Å². The van der Waals surface area contributed by atoms with Gasteiger partial charge in [0.05, 0.1) is 0 Å². The van der Waals surface area contributed by atoms with Gasteiger partial charge in [-0.2, -0.15) is 11.8 Å². The molecule has 0 nitrogen and oxygen atoms in total. The smallest absolute Gasteiger partial charge is 0.00521 e. The first-order chi connectivity index (χ1) is 5.43. The normalized spacial score (nSPS) is 42.2. The van der Waals surface area contributed by atoms with Crippen LogP contribution in [-0.4, -0.2) is 10.5 Å². The summed E-state index contributed by atoms with van der Waals surface area (Å²) in [6.45, 7) is 12.0. The Bertz CT molecular complexity index is 151. The maximum absolute atomic E-state index is 2.42. The number of hydrogen-bond acceptors (Lipinski definition) is 1. The molecule has 1 heterocycles. The lowest BCUT2D eigenvalue weighted by molar-refractivity contribution is 0.213. The molecule has 0 saturated carbocycles. The van der Waals surface area contributed by atoms with Crippen molar-refractivity contribution in [3.8, 4) is 0 Å². The summed E-state index contributed by atoms with van der Waals surface area (Å²) in [6, 6.07) is 0. The van der Waals surface area contributed by atoms with Crippen molar-refractivity contribution in [2.45, 2.75) is 58.0 Å². The minimum Gasteiger partial charge on any atom is -0.155 e. The zero-order valence-corrected chi connectivity index (χ0v) is 9.87. The van der Waals surface area contributed by atoms with Gasteiger partial charge in [-0.1, -0.05) is 34.6 Å². The molecule has 1 heteroatoms. The summed E-state index contributed by atoms with van der Waals surface area (Å²) in [7, 11) is 0. The maximum atomic E-state index is 2.42. The van der Waals surface area contributed by atoms with Crippen LogP contribution in [0.2, 0.25) is 0 Å². The molecule has 0 spiro atoms. The molecule has 72 valence electrons. The zero-order valence-electron chi connectivity index (χ0n) is 9.05. The lowest BCUT2D eigenvalue weighted by Gasteiger charge is -2.32. The van der Waals surface area contributed by atoms with Crippen molar-refractivity contribution in [3.05, 3.63) is 0 Å². The van der Waals surface area contributed by atoms with Crippen LogP contribution in [0.1, 0.15) is 47.5 Å². The Morgan fingerprint density at radius 1 is 1.17 bits per heavy atom. The van der Waals surface area contributed by atoms with E-state index < -0.39 is 0 Å². The van der Waals surface area contributed by atoms with Gasteiger partial charge in [0, 0.05) is 10.5 Å². The molecule has 12 heavy (non-hydrogen) atoms. The average Bonchev–Trinajstić information content (AvgIpc) is 2.04. The SMILES string of the molecule is CC1CCC(C)(C)C(C)C(C)S1. The number of rotatable bonds is 0. The third kappa shape index (κ3) is 2.18. The standard InChI is InChI=1S/C11H22S/c1-8-6-7-11(4,5)9(2)10(3)12-8/h8-10H,6-7H2,1-5H3. The molecule has 0 bridgehead atoms. The first kappa shape index (κ1) is 10.4. The molecule has 0 radical (unpaired) electrons. The van der Waals surface area contributed by atoms with Gasteiger partial charge in [-0.3, -0.25) is 0 Å². The highest BCUT2D eigenvalue weighted by Gasteiger charge is 2.33. The van der Waals surface area contributed by atoms with E-state index in [0.29, 0.717) is 5.41 Å². The predicted molar refractivity (Wildman–Crippen MR) is 58.7 cm³/mol. The fraction of sp³-hybridized carbons (Fsp3) is 1.00. The minimum atomic E-state index is 0.553. The van der Waals surface area contributed by atoms with Crippen molar-refractivity contribution in [1.82, 2.24) is 0 Å². The molecule has 0 aliphatic carbocycles. The first-order valence-electron chi connectivity index (χ1n) is 5.09. The second-order valence-electron chi connectivity index (χ2n) is 4.97. The van der Waals surface area contributed by atoms with Crippen molar-refractivity contribution in [3.63, 3.8) is 0 Å². The van der Waals surface area contributed by atoms with Crippen LogP contribution >= 0.6 is 11.8 Å². The molecular formula is C11H22S. The van der Waals surface area contributed by atoms with Gasteiger partial charge in [0.2, 0.25) is 0 Å². The van der Waals surface area contributed by atoms with Gasteiger partial charge in [-0.25, -0.2) is 0 Å². The topological polar surface area (TPSA) is 0 Å². The molecule has 0 amide bonds. The second-order valence-corrected chi connectivity index (χ2v) is 6.79. The predicted octanol–water partition coefficient (Wildman–Crippen LogP) is 3.95. The molecule has 0 aromatic heterocycles. The average molecular weight is 186 g/mol. The van der Waals surface area contributed by atoms with Crippen LogP contribution in [0.15, 0.2) is 0 Å². The molecule has 0 N–H and O–H groups in total. The van der Waals surface area contributed by atoms with Gasteiger partial charge in [0.15, 0.2) is 0 Å². The Morgan fingerprint density at radius 2 is 1.75 bits per heavy atom. The summed E-state index contributed by atoms with van der Waals surface area (Å²) in [4.78, 5) is 0.